The number of hydrogen-bond donors (Lipinski definition) is 0. The van der Waals surface area contributed by atoms with Gasteiger partial charge in [-0.2, -0.15) is 5.26 Å². The summed E-state index contributed by atoms with van der Waals surface area (Å²) in [5, 5.41) is 19.5. The lowest BCUT2D eigenvalue weighted by atomic mass is 10.2. The Balaban J connectivity index is 2.39. The molecule has 0 aromatic heterocycles. The highest BCUT2D eigenvalue weighted by Crippen LogP contribution is 2.33. The van der Waals surface area contributed by atoms with Gasteiger partial charge < -0.3 is 4.74 Å². The molecule has 0 aliphatic carbocycles. The van der Waals surface area contributed by atoms with Crippen LogP contribution in [0.2, 0.25) is 0 Å². The zero-order valence-corrected chi connectivity index (χ0v) is 11.4. The molecule has 0 saturated carbocycles. The number of nitro benzene ring substituents is 1. The summed E-state index contributed by atoms with van der Waals surface area (Å²) in [4.78, 5) is 10.1. The van der Waals surface area contributed by atoms with E-state index >= 15 is 0 Å². The molecule has 0 fully saturated rings. The molecule has 0 aliphatic heterocycles. The van der Waals surface area contributed by atoms with Gasteiger partial charge in [0.2, 0.25) is 0 Å². The molecular weight excluding hydrogens is 331 g/mol. The van der Waals surface area contributed by atoms with E-state index in [1.165, 1.54) is 24.3 Å². The lowest BCUT2D eigenvalue weighted by Gasteiger charge is -2.08. The van der Waals surface area contributed by atoms with Crippen LogP contribution in [0.3, 0.4) is 0 Å². The second-order valence-corrected chi connectivity index (χ2v) is 4.62. The largest absolute Gasteiger partial charge is 0.456 e. The number of nitro groups is 1. The van der Waals surface area contributed by atoms with Gasteiger partial charge in [0, 0.05) is 12.1 Å². The molecule has 0 N–H and O–H groups in total. The third-order valence-corrected chi connectivity index (χ3v) is 3.01. The zero-order chi connectivity index (χ0) is 14.7. The minimum atomic E-state index is -0.624. The van der Waals surface area contributed by atoms with Crippen LogP contribution in [-0.4, -0.2) is 4.92 Å². The van der Waals surface area contributed by atoms with E-state index in [1.54, 1.807) is 6.07 Å². The molecule has 0 bridgehead atoms. The maximum absolute atomic E-state index is 13.3. The Hall–Kier alpha value is -2.46. The summed E-state index contributed by atoms with van der Waals surface area (Å²) in [6.45, 7) is 0. The number of non-ortho nitro benzene ring substituents is 1. The molecule has 2 rings (SSSR count). The van der Waals surface area contributed by atoms with Gasteiger partial charge in [0.15, 0.2) is 0 Å². The second kappa shape index (κ2) is 5.67. The SMILES string of the molecule is N#Cc1cc(F)cc(Oc2cc([N+](=O)[O-])ccc2Br)c1. The van der Waals surface area contributed by atoms with E-state index in [2.05, 4.69) is 15.9 Å². The molecule has 100 valence electrons. The lowest BCUT2D eigenvalue weighted by Crippen LogP contribution is -1.92. The summed E-state index contributed by atoms with van der Waals surface area (Å²) in [5.41, 5.74) is -0.0540. The first-order valence-electron chi connectivity index (χ1n) is 5.32. The highest BCUT2D eigenvalue weighted by atomic mass is 79.9. The van der Waals surface area contributed by atoms with Crippen molar-refractivity contribution in [1.82, 2.24) is 0 Å². The minimum absolute atomic E-state index is 0.0859. The quantitative estimate of drug-likeness (QED) is 0.622. The van der Waals surface area contributed by atoms with Crippen LogP contribution in [0, 0.1) is 27.3 Å². The fraction of sp³-hybridized carbons (Fsp3) is 0. The average molecular weight is 337 g/mol. The topological polar surface area (TPSA) is 76.2 Å². The second-order valence-electron chi connectivity index (χ2n) is 3.76. The summed E-state index contributed by atoms with van der Waals surface area (Å²) < 4.78 is 19.1. The van der Waals surface area contributed by atoms with Crippen molar-refractivity contribution in [2.24, 2.45) is 0 Å². The summed E-state index contributed by atoms with van der Waals surface area (Å²) in [5.74, 6) is -0.378. The molecule has 0 atom stereocenters. The molecule has 0 aliphatic rings. The van der Waals surface area contributed by atoms with Gasteiger partial charge >= 0.3 is 0 Å². The number of nitrogens with zero attached hydrogens (tertiary/aromatic N) is 2. The van der Waals surface area contributed by atoms with Crippen LogP contribution in [0.25, 0.3) is 0 Å². The van der Waals surface area contributed by atoms with Crippen LogP contribution < -0.4 is 4.74 Å². The highest BCUT2D eigenvalue weighted by molar-refractivity contribution is 9.10. The van der Waals surface area contributed by atoms with Crippen LogP contribution in [0.4, 0.5) is 10.1 Å². The molecule has 0 saturated heterocycles. The Kier molecular flexibility index (Phi) is 3.96. The van der Waals surface area contributed by atoms with Crippen LogP contribution in [-0.2, 0) is 0 Å². The smallest absolute Gasteiger partial charge is 0.273 e. The van der Waals surface area contributed by atoms with Gasteiger partial charge in [0.25, 0.3) is 5.69 Å². The Bertz CT molecular complexity index is 728. The zero-order valence-electron chi connectivity index (χ0n) is 9.84. The molecule has 5 nitrogen and oxygen atoms in total. The van der Waals surface area contributed by atoms with Crippen molar-refractivity contribution >= 4 is 21.6 Å². The Morgan fingerprint density at radius 1 is 1.30 bits per heavy atom. The van der Waals surface area contributed by atoms with E-state index < -0.39 is 10.7 Å². The molecular formula is C13H6BrFN2O3. The lowest BCUT2D eigenvalue weighted by molar-refractivity contribution is -0.384. The third kappa shape index (κ3) is 3.10. The predicted molar refractivity (Wildman–Crippen MR) is 72.0 cm³/mol. The molecule has 0 spiro atoms. The fourth-order valence-electron chi connectivity index (χ4n) is 1.50. The molecule has 7 heteroatoms. The summed E-state index contributed by atoms with van der Waals surface area (Å²) in [7, 11) is 0. The summed E-state index contributed by atoms with van der Waals surface area (Å²) >= 11 is 3.18. The summed E-state index contributed by atoms with van der Waals surface area (Å²) in [6.07, 6.45) is 0. The predicted octanol–water partition coefficient (Wildman–Crippen LogP) is 4.16. The summed E-state index contributed by atoms with van der Waals surface area (Å²) in [6, 6.07) is 9.27. The maximum Gasteiger partial charge on any atom is 0.273 e. The first-order chi connectivity index (χ1) is 9.49. The third-order valence-electron chi connectivity index (χ3n) is 2.35. The molecule has 0 heterocycles. The Morgan fingerprint density at radius 2 is 2.05 bits per heavy atom. The highest BCUT2D eigenvalue weighted by Gasteiger charge is 2.12. The van der Waals surface area contributed by atoms with Crippen molar-refractivity contribution in [3.63, 3.8) is 0 Å². The van der Waals surface area contributed by atoms with Gasteiger partial charge in [-0.15, -0.1) is 0 Å². The normalized spacial score (nSPS) is 9.85. The number of halogens is 2. The number of nitriles is 1. The standard InChI is InChI=1S/C13H6BrFN2O3/c14-12-2-1-10(17(18)19)6-13(12)20-11-4-8(7-16)3-9(15)5-11/h1-6H. The monoisotopic (exact) mass is 336 g/mol. The molecule has 20 heavy (non-hydrogen) atoms. The van der Waals surface area contributed by atoms with Crippen LogP contribution in [0.1, 0.15) is 5.56 Å². The minimum Gasteiger partial charge on any atom is -0.456 e. The van der Waals surface area contributed by atoms with Crippen molar-refractivity contribution in [1.29, 1.82) is 5.26 Å². The van der Waals surface area contributed by atoms with Gasteiger partial charge in [0.05, 0.1) is 27.1 Å². The van der Waals surface area contributed by atoms with E-state index in [0.717, 1.165) is 12.1 Å². The van der Waals surface area contributed by atoms with Gasteiger partial charge in [-0.25, -0.2) is 4.39 Å². The van der Waals surface area contributed by atoms with Crippen LogP contribution in [0.15, 0.2) is 40.9 Å². The van der Waals surface area contributed by atoms with Crippen molar-refractivity contribution in [3.05, 3.63) is 62.4 Å². The van der Waals surface area contributed by atoms with E-state index in [9.17, 15) is 14.5 Å². The van der Waals surface area contributed by atoms with Crippen LogP contribution in [0.5, 0.6) is 11.5 Å². The Morgan fingerprint density at radius 3 is 2.70 bits per heavy atom. The van der Waals surface area contributed by atoms with Gasteiger partial charge in [-0.3, -0.25) is 10.1 Å². The molecule has 0 radical (unpaired) electrons. The van der Waals surface area contributed by atoms with Crippen molar-refractivity contribution < 1.29 is 14.1 Å². The van der Waals surface area contributed by atoms with Crippen LogP contribution >= 0.6 is 15.9 Å². The van der Waals surface area contributed by atoms with Gasteiger partial charge in [-0.1, -0.05) is 0 Å². The maximum atomic E-state index is 13.3. The van der Waals surface area contributed by atoms with E-state index in [1.807, 2.05) is 0 Å². The number of rotatable bonds is 3. The first kappa shape index (κ1) is 14.0. The van der Waals surface area contributed by atoms with Gasteiger partial charge in [-0.05, 0) is 34.1 Å². The van der Waals surface area contributed by atoms with E-state index in [4.69, 9.17) is 10.00 Å². The molecule has 2 aromatic rings. The fourth-order valence-corrected chi connectivity index (χ4v) is 1.82. The van der Waals surface area contributed by atoms with Crippen molar-refractivity contribution in [3.8, 4) is 17.6 Å². The first-order valence-corrected chi connectivity index (χ1v) is 6.11. The molecule has 2 aromatic carbocycles. The molecule has 0 unspecified atom stereocenters. The van der Waals surface area contributed by atoms with Crippen molar-refractivity contribution in [2.45, 2.75) is 0 Å². The molecule has 0 amide bonds. The van der Waals surface area contributed by atoms with E-state index in [-0.39, 0.29) is 22.7 Å². The van der Waals surface area contributed by atoms with E-state index in [0.29, 0.717) is 4.47 Å². The number of ether oxygens (including phenoxy) is 1. The van der Waals surface area contributed by atoms with Gasteiger partial charge in [0.1, 0.15) is 17.3 Å². The number of benzene rings is 2. The number of hydrogen-bond acceptors (Lipinski definition) is 4. The average Bonchev–Trinajstić information content (AvgIpc) is 2.40. The van der Waals surface area contributed by atoms with Crippen molar-refractivity contribution in [2.75, 3.05) is 0 Å². The Labute approximate surface area is 121 Å².